The highest BCUT2D eigenvalue weighted by atomic mass is 127. The number of hydrogen-bond acceptors (Lipinski definition) is 4. The molecule has 2 heterocycles. The summed E-state index contributed by atoms with van der Waals surface area (Å²) in [6, 6.07) is 0. The van der Waals surface area contributed by atoms with Crippen LogP contribution in [0.5, 0.6) is 0 Å². The van der Waals surface area contributed by atoms with Crippen LogP contribution in [0.2, 0.25) is 0 Å². The number of hydrogen-bond donors (Lipinski definition) is 1. The smallest absolute Gasteiger partial charge is 0.211 e. The SMILES string of the molecule is CCNC(=NCC1CCN(S(C)(=O)=O)CC1)N(C)Cc1cnn(C)c1.I. The van der Waals surface area contributed by atoms with E-state index in [0.717, 1.165) is 44.0 Å². The van der Waals surface area contributed by atoms with E-state index in [1.807, 2.05) is 26.5 Å². The van der Waals surface area contributed by atoms with E-state index >= 15 is 0 Å². The third kappa shape index (κ3) is 7.03. The molecule has 0 atom stereocenters. The molecular formula is C16H31IN6O2S. The van der Waals surface area contributed by atoms with Gasteiger partial charge in [-0.25, -0.2) is 12.7 Å². The lowest BCUT2D eigenvalue weighted by atomic mass is 9.98. The van der Waals surface area contributed by atoms with E-state index in [0.29, 0.717) is 19.0 Å². The molecule has 10 heteroatoms. The van der Waals surface area contributed by atoms with Crippen molar-refractivity contribution in [3.63, 3.8) is 0 Å². The highest BCUT2D eigenvalue weighted by Gasteiger charge is 2.24. The largest absolute Gasteiger partial charge is 0.357 e. The van der Waals surface area contributed by atoms with Gasteiger partial charge in [0.2, 0.25) is 10.0 Å². The Hall–Kier alpha value is -0.880. The van der Waals surface area contributed by atoms with Crippen LogP contribution in [0.4, 0.5) is 0 Å². The zero-order valence-corrected chi connectivity index (χ0v) is 19.2. The van der Waals surface area contributed by atoms with Crippen LogP contribution >= 0.6 is 24.0 Å². The summed E-state index contributed by atoms with van der Waals surface area (Å²) in [6.45, 7) is 5.52. The predicted octanol–water partition coefficient (Wildman–Crippen LogP) is 1.11. The van der Waals surface area contributed by atoms with E-state index in [2.05, 4.69) is 22.2 Å². The number of aryl methyl sites for hydroxylation is 1. The Morgan fingerprint density at radius 3 is 2.58 bits per heavy atom. The maximum atomic E-state index is 11.6. The average Bonchev–Trinajstić information content (AvgIpc) is 2.95. The topological polar surface area (TPSA) is 82.8 Å². The molecule has 8 nitrogen and oxygen atoms in total. The van der Waals surface area contributed by atoms with Gasteiger partial charge in [0.15, 0.2) is 5.96 Å². The molecule has 1 aliphatic rings. The summed E-state index contributed by atoms with van der Waals surface area (Å²) in [5.41, 5.74) is 1.14. The summed E-state index contributed by atoms with van der Waals surface area (Å²) in [7, 11) is 0.857. The van der Waals surface area contributed by atoms with Gasteiger partial charge in [-0.2, -0.15) is 5.10 Å². The van der Waals surface area contributed by atoms with Crippen molar-refractivity contribution in [2.24, 2.45) is 18.0 Å². The van der Waals surface area contributed by atoms with Crippen molar-refractivity contribution in [1.82, 2.24) is 24.3 Å². The molecule has 26 heavy (non-hydrogen) atoms. The molecule has 1 aliphatic heterocycles. The van der Waals surface area contributed by atoms with Crippen LogP contribution in [-0.4, -0.2) is 72.8 Å². The number of nitrogens with zero attached hydrogens (tertiary/aromatic N) is 5. The lowest BCUT2D eigenvalue weighted by Gasteiger charge is -2.30. The van der Waals surface area contributed by atoms with Crippen molar-refractivity contribution in [1.29, 1.82) is 0 Å². The van der Waals surface area contributed by atoms with E-state index in [4.69, 9.17) is 4.99 Å². The molecule has 0 amide bonds. The van der Waals surface area contributed by atoms with Crippen LogP contribution in [0.3, 0.4) is 0 Å². The molecule has 1 aromatic heterocycles. The number of piperidine rings is 1. The Labute approximate surface area is 174 Å². The van der Waals surface area contributed by atoms with E-state index < -0.39 is 10.0 Å². The standard InChI is InChI=1S/C16H30N6O2S.HI/c1-5-17-16(20(2)12-15-11-19-21(3)13-15)18-10-14-6-8-22(9-7-14)25(4,23)24;/h11,13-14H,5-10,12H2,1-4H3,(H,17,18);1H. The van der Waals surface area contributed by atoms with Gasteiger partial charge >= 0.3 is 0 Å². The third-order valence-corrected chi connectivity index (χ3v) is 5.72. The van der Waals surface area contributed by atoms with Crippen LogP contribution in [-0.2, 0) is 23.6 Å². The second kappa shape index (κ2) is 10.5. The van der Waals surface area contributed by atoms with E-state index in [1.54, 1.807) is 8.99 Å². The molecule has 0 unspecified atom stereocenters. The van der Waals surface area contributed by atoms with Crippen LogP contribution < -0.4 is 5.32 Å². The highest BCUT2D eigenvalue weighted by Crippen LogP contribution is 2.19. The molecule has 2 rings (SSSR count). The zero-order valence-electron chi connectivity index (χ0n) is 16.1. The number of halogens is 1. The summed E-state index contributed by atoms with van der Waals surface area (Å²) in [5, 5.41) is 7.52. The predicted molar refractivity (Wildman–Crippen MR) is 115 cm³/mol. The Morgan fingerprint density at radius 1 is 1.42 bits per heavy atom. The Bertz CT molecular complexity index is 683. The van der Waals surface area contributed by atoms with Gasteiger partial charge in [0.05, 0.1) is 12.5 Å². The molecule has 0 aromatic carbocycles. The number of rotatable bonds is 6. The first-order chi connectivity index (χ1) is 11.8. The zero-order chi connectivity index (χ0) is 18.4. The summed E-state index contributed by atoms with van der Waals surface area (Å²) in [5.74, 6) is 1.30. The third-order valence-electron chi connectivity index (χ3n) is 4.42. The van der Waals surface area contributed by atoms with Crippen molar-refractivity contribution in [2.45, 2.75) is 26.3 Å². The summed E-state index contributed by atoms with van der Waals surface area (Å²) in [6.07, 6.45) is 6.87. The minimum Gasteiger partial charge on any atom is -0.357 e. The van der Waals surface area contributed by atoms with Crippen molar-refractivity contribution >= 4 is 40.0 Å². The maximum absolute atomic E-state index is 11.6. The van der Waals surface area contributed by atoms with Crippen LogP contribution in [0.25, 0.3) is 0 Å². The maximum Gasteiger partial charge on any atom is 0.211 e. The second-order valence-electron chi connectivity index (χ2n) is 6.68. The van der Waals surface area contributed by atoms with Crippen LogP contribution in [0, 0.1) is 5.92 Å². The van der Waals surface area contributed by atoms with Crippen LogP contribution in [0.15, 0.2) is 17.4 Å². The van der Waals surface area contributed by atoms with Gasteiger partial charge in [-0.3, -0.25) is 9.67 Å². The molecule has 1 aromatic rings. The first-order valence-electron chi connectivity index (χ1n) is 8.71. The summed E-state index contributed by atoms with van der Waals surface area (Å²) < 4.78 is 26.5. The summed E-state index contributed by atoms with van der Waals surface area (Å²) in [4.78, 5) is 6.85. The van der Waals surface area contributed by atoms with Crippen molar-refractivity contribution in [2.75, 3.05) is 39.5 Å². The molecule has 1 fully saturated rings. The number of sulfonamides is 1. The molecule has 150 valence electrons. The minimum atomic E-state index is -3.07. The molecule has 1 saturated heterocycles. The van der Waals surface area contributed by atoms with Crippen molar-refractivity contribution in [3.05, 3.63) is 18.0 Å². The number of guanidine groups is 1. The second-order valence-corrected chi connectivity index (χ2v) is 8.66. The fourth-order valence-corrected chi connectivity index (χ4v) is 3.89. The number of aromatic nitrogens is 2. The lowest BCUT2D eigenvalue weighted by molar-refractivity contribution is 0.279. The van der Waals surface area contributed by atoms with E-state index in [-0.39, 0.29) is 24.0 Å². The van der Waals surface area contributed by atoms with Gasteiger partial charge in [-0.05, 0) is 25.7 Å². The number of aliphatic imine (C=N–C) groups is 1. The lowest BCUT2D eigenvalue weighted by Crippen LogP contribution is -2.40. The Balaban J connectivity index is 0.00000338. The van der Waals surface area contributed by atoms with Crippen LogP contribution in [0.1, 0.15) is 25.3 Å². The molecule has 0 saturated carbocycles. The highest BCUT2D eigenvalue weighted by molar-refractivity contribution is 14.0. The molecule has 1 N–H and O–H groups in total. The van der Waals surface area contributed by atoms with E-state index in [1.165, 1.54) is 6.26 Å². The summed E-state index contributed by atoms with van der Waals surface area (Å²) >= 11 is 0. The van der Waals surface area contributed by atoms with Gasteiger partial charge in [0.1, 0.15) is 0 Å². The Kier molecular flexibility index (Phi) is 9.31. The fourth-order valence-electron chi connectivity index (χ4n) is 3.01. The van der Waals surface area contributed by atoms with Crippen molar-refractivity contribution < 1.29 is 8.42 Å². The molecule has 0 aliphatic carbocycles. The minimum absolute atomic E-state index is 0. The van der Waals surface area contributed by atoms with Gasteiger partial charge in [-0.15, -0.1) is 24.0 Å². The fraction of sp³-hybridized carbons (Fsp3) is 0.750. The van der Waals surface area contributed by atoms with Gasteiger partial charge in [0.25, 0.3) is 0 Å². The van der Waals surface area contributed by atoms with Gasteiger partial charge in [-0.1, -0.05) is 0 Å². The average molecular weight is 498 g/mol. The monoisotopic (exact) mass is 498 g/mol. The first kappa shape index (κ1) is 23.2. The molecular weight excluding hydrogens is 467 g/mol. The quantitative estimate of drug-likeness (QED) is 0.361. The normalized spacial score (nSPS) is 17.0. The molecule has 0 spiro atoms. The van der Waals surface area contributed by atoms with Gasteiger partial charge in [0, 0.05) is 58.6 Å². The Morgan fingerprint density at radius 2 is 2.08 bits per heavy atom. The first-order valence-corrected chi connectivity index (χ1v) is 10.6. The van der Waals surface area contributed by atoms with Gasteiger partial charge < -0.3 is 10.2 Å². The number of nitrogens with one attached hydrogen (secondary N) is 1. The van der Waals surface area contributed by atoms with E-state index in [9.17, 15) is 8.42 Å². The molecule has 0 bridgehead atoms. The molecule has 0 radical (unpaired) electrons. The van der Waals surface area contributed by atoms with Crippen molar-refractivity contribution in [3.8, 4) is 0 Å².